The molecule has 0 bridgehead atoms. The van der Waals surface area contributed by atoms with Gasteiger partial charge in [0, 0.05) is 7.11 Å². The summed E-state index contributed by atoms with van der Waals surface area (Å²) in [7, 11) is 1.40. The first kappa shape index (κ1) is 18.7. The quantitative estimate of drug-likeness (QED) is 0.672. The Morgan fingerprint density at radius 3 is 1.96 bits per heavy atom. The van der Waals surface area contributed by atoms with Gasteiger partial charge in [-0.3, -0.25) is 15.6 Å². The number of rotatable bonds is 6. The maximum atomic E-state index is 12.9. The van der Waals surface area contributed by atoms with Crippen molar-refractivity contribution in [2.45, 2.75) is 12.4 Å². The summed E-state index contributed by atoms with van der Waals surface area (Å²) in [4.78, 5) is 12.9. The molecule has 140 valence electrons. The van der Waals surface area contributed by atoms with Gasteiger partial charge in [0.2, 0.25) is 12.1 Å². The number of anilines is 2. The zero-order valence-corrected chi connectivity index (χ0v) is 14.7. The molecule has 27 heavy (non-hydrogen) atoms. The number of hydrazone groups is 2. The molecule has 0 aromatic heterocycles. The Labute approximate surface area is 156 Å². The topological polar surface area (TPSA) is 105 Å². The van der Waals surface area contributed by atoms with Gasteiger partial charge in [0.05, 0.1) is 18.0 Å². The minimum atomic E-state index is -1.01. The Morgan fingerprint density at radius 1 is 0.963 bits per heavy atom. The number of methoxy groups -OCH3 is 1. The van der Waals surface area contributed by atoms with Gasteiger partial charge in [-0.25, -0.2) is 0 Å². The highest BCUT2D eigenvalue weighted by Crippen LogP contribution is 2.16. The van der Waals surface area contributed by atoms with Crippen LogP contribution in [0.15, 0.2) is 70.9 Å². The Hall–Kier alpha value is -3.07. The molecule has 1 aliphatic rings. The van der Waals surface area contributed by atoms with E-state index < -0.39 is 24.8 Å². The highest BCUT2D eigenvalue weighted by atomic mass is 16.7. The summed E-state index contributed by atoms with van der Waals surface area (Å²) in [5.74, 6) is -0.473. The van der Waals surface area contributed by atoms with Crippen molar-refractivity contribution in [1.82, 2.24) is 0 Å². The van der Waals surface area contributed by atoms with E-state index in [2.05, 4.69) is 21.1 Å². The number of ketones is 1. The summed E-state index contributed by atoms with van der Waals surface area (Å²) in [6.07, 6.45) is -1.93. The molecule has 0 saturated carbocycles. The molecule has 3 rings (SSSR count). The zero-order valence-electron chi connectivity index (χ0n) is 14.7. The molecular weight excluding hydrogens is 348 g/mol. The third-order valence-corrected chi connectivity index (χ3v) is 3.82. The van der Waals surface area contributed by atoms with Crippen LogP contribution in [0.4, 0.5) is 11.4 Å². The van der Waals surface area contributed by atoms with Gasteiger partial charge in [-0.1, -0.05) is 36.4 Å². The SMILES string of the molecule is CO[C@H]1O[C@H](CO)/C(=N/Nc2ccccc2)C(=O)/C1=N/Nc1ccccc1. The normalized spacial score (nSPS) is 22.8. The van der Waals surface area contributed by atoms with Gasteiger partial charge in [0.25, 0.3) is 0 Å². The molecule has 2 aromatic carbocycles. The lowest BCUT2D eigenvalue weighted by Gasteiger charge is -2.29. The van der Waals surface area contributed by atoms with Crippen LogP contribution in [-0.4, -0.2) is 48.4 Å². The second-order valence-corrected chi connectivity index (χ2v) is 5.65. The third kappa shape index (κ3) is 4.56. The number of para-hydroxylation sites is 2. The molecular formula is C19H20N4O4. The average molecular weight is 368 g/mol. The maximum Gasteiger partial charge on any atom is 0.233 e. The Morgan fingerprint density at radius 2 is 1.48 bits per heavy atom. The highest BCUT2D eigenvalue weighted by molar-refractivity contribution is 6.68. The summed E-state index contributed by atoms with van der Waals surface area (Å²) in [5.41, 5.74) is 7.04. The molecule has 1 fully saturated rings. The van der Waals surface area contributed by atoms with E-state index in [-0.39, 0.29) is 11.4 Å². The van der Waals surface area contributed by atoms with Crippen molar-refractivity contribution >= 4 is 28.6 Å². The number of nitrogens with zero attached hydrogens (tertiary/aromatic N) is 2. The van der Waals surface area contributed by atoms with Crippen molar-refractivity contribution < 1.29 is 19.4 Å². The van der Waals surface area contributed by atoms with E-state index in [0.717, 1.165) is 0 Å². The number of carbonyl (C=O) groups is 1. The van der Waals surface area contributed by atoms with Crippen molar-refractivity contribution in [3.05, 3.63) is 60.7 Å². The van der Waals surface area contributed by atoms with Crippen LogP contribution < -0.4 is 10.9 Å². The summed E-state index contributed by atoms with van der Waals surface area (Å²) in [5, 5.41) is 17.9. The van der Waals surface area contributed by atoms with Crippen LogP contribution >= 0.6 is 0 Å². The standard InChI is InChI=1S/C19H20N4O4/c1-26-19-17(23-21-14-10-6-3-7-11-14)18(25)16(15(12-24)27-19)22-20-13-8-4-2-5-9-13/h2-11,15,19-21,24H,12H2,1H3/b22-16-,23-17-/t15-,19+/m1/s1. The van der Waals surface area contributed by atoms with E-state index >= 15 is 0 Å². The van der Waals surface area contributed by atoms with E-state index in [1.807, 2.05) is 48.5 Å². The monoisotopic (exact) mass is 368 g/mol. The number of carbonyl (C=O) groups excluding carboxylic acids is 1. The van der Waals surface area contributed by atoms with Crippen LogP contribution in [0.2, 0.25) is 0 Å². The number of Topliss-reactive ketones (excluding diaryl/α,β-unsaturated/α-hetero) is 1. The first-order valence-electron chi connectivity index (χ1n) is 8.34. The molecule has 0 spiro atoms. The molecule has 0 unspecified atom stereocenters. The summed E-state index contributed by atoms with van der Waals surface area (Å²) >= 11 is 0. The van der Waals surface area contributed by atoms with E-state index in [0.29, 0.717) is 11.4 Å². The van der Waals surface area contributed by atoms with E-state index in [9.17, 15) is 9.90 Å². The molecule has 2 atom stereocenters. The van der Waals surface area contributed by atoms with Crippen molar-refractivity contribution in [1.29, 1.82) is 0 Å². The van der Waals surface area contributed by atoms with Crippen LogP contribution in [-0.2, 0) is 14.3 Å². The summed E-state index contributed by atoms with van der Waals surface area (Å²) in [6.45, 7) is -0.416. The second-order valence-electron chi connectivity index (χ2n) is 5.65. The molecule has 2 aromatic rings. The molecule has 0 amide bonds. The third-order valence-electron chi connectivity index (χ3n) is 3.82. The fourth-order valence-electron chi connectivity index (χ4n) is 2.46. The fourth-order valence-corrected chi connectivity index (χ4v) is 2.46. The van der Waals surface area contributed by atoms with Gasteiger partial charge in [0.15, 0.2) is 5.71 Å². The first-order chi connectivity index (χ1) is 13.2. The lowest BCUT2D eigenvalue weighted by atomic mass is 10.0. The number of benzene rings is 2. The molecule has 0 radical (unpaired) electrons. The lowest BCUT2D eigenvalue weighted by molar-refractivity contribution is -0.127. The molecule has 1 saturated heterocycles. The minimum Gasteiger partial charge on any atom is -0.393 e. The Kier molecular flexibility index (Phi) is 6.26. The van der Waals surface area contributed by atoms with Gasteiger partial charge in [-0.05, 0) is 24.3 Å². The maximum absolute atomic E-state index is 12.9. The average Bonchev–Trinajstić information content (AvgIpc) is 2.73. The van der Waals surface area contributed by atoms with Crippen LogP contribution in [0.1, 0.15) is 0 Å². The van der Waals surface area contributed by atoms with Crippen molar-refractivity contribution in [2.75, 3.05) is 24.6 Å². The highest BCUT2D eigenvalue weighted by Gasteiger charge is 2.40. The van der Waals surface area contributed by atoms with E-state index in [1.165, 1.54) is 7.11 Å². The zero-order chi connectivity index (χ0) is 19.1. The summed E-state index contributed by atoms with van der Waals surface area (Å²) in [6, 6.07) is 18.3. The molecule has 8 nitrogen and oxygen atoms in total. The van der Waals surface area contributed by atoms with Gasteiger partial charge in [-0.2, -0.15) is 10.2 Å². The molecule has 8 heteroatoms. The van der Waals surface area contributed by atoms with Crippen LogP contribution in [0.25, 0.3) is 0 Å². The van der Waals surface area contributed by atoms with E-state index in [1.54, 1.807) is 12.1 Å². The van der Waals surface area contributed by atoms with Crippen LogP contribution in [0.5, 0.6) is 0 Å². The number of nitrogens with one attached hydrogen (secondary N) is 2. The van der Waals surface area contributed by atoms with Crippen molar-refractivity contribution in [2.24, 2.45) is 10.2 Å². The number of aliphatic hydroxyl groups is 1. The van der Waals surface area contributed by atoms with Gasteiger partial charge >= 0.3 is 0 Å². The van der Waals surface area contributed by atoms with Crippen LogP contribution in [0, 0.1) is 0 Å². The predicted octanol–water partition coefficient (Wildman–Crippen LogP) is 1.86. The van der Waals surface area contributed by atoms with E-state index in [4.69, 9.17) is 9.47 Å². The number of ether oxygens (including phenoxy) is 2. The van der Waals surface area contributed by atoms with Gasteiger partial charge < -0.3 is 14.6 Å². The smallest absolute Gasteiger partial charge is 0.233 e. The Balaban J connectivity index is 1.85. The predicted molar refractivity (Wildman–Crippen MR) is 103 cm³/mol. The van der Waals surface area contributed by atoms with Crippen molar-refractivity contribution in [3.8, 4) is 0 Å². The fraction of sp³-hybridized carbons (Fsp3) is 0.211. The Bertz CT molecular complexity index is 757. The lowest BCUT2D eigenvalue weighted by Crippen LogP contribution is -2.52. The largest absolute Gasteiger partial charge is 0.393 e. The minimum absolute atomic E-state index is 0.0136. The molecule has 3 N–H and O–H groups in total. The summed E-state index contributed by atoms with van der Waals surface area (Å²) < 4.78 is 10.8. The second kappa shape index (κ2) is 9.04. The van der Waals surface area contributed by atoms with Crippen LogP contribution in [0.3, 0.4) is 0 Å². The molecule has 1 heterocycles. The number of aliphatic hydroxyl groups excluding tert-OH is 1. The first-order valence-corrected chi connectivity index (χ1v) is 8.34. The molecule has 0 aliphatic carbocycles. The van der Waals surface area contributed by atoms with Crippen molar-refractivity contribution in [3.63, 3.8) is 0 Å². The number of hydrogen-bond acceptors (Lipinski definition) is 8. The molecule has 1 aliphatic heterocycles. The number of hydrogen-bond donors (Lipinski definition) is 3. The van der Waals surface area contributed by atoms with Gasteiger partial charge in [0.1, 0.15) is 11.8 Å². The van der Waals surface area contributed by atoms with Gasteiger partial charge in [-0.15, -0.1) is 0 Å².